The van der Waals surface area contributed by atoms with Crippen LogP contribution in [0.4, 0.5) is 0 Å². The molecule has 1 aromatic heterocycles. The first-order valence-electron chi connectivity index (χ1n) is 6.48. The summed E-state index contributed by atoms with van der Waals surface area (Å²) in [7, 11) is -3.29. The van der Waals surface area contributed by atoms with E-state index in [2.05, 4.69) is 4.98 Å². The Hall–Kier alpha value is -1.50. The Morgan fingerprint density at radius 1 is 1.35 bits per heavy atom. The van der Waals surface area contributed by atoms with Gasteiger partial charge in [0.2, 0.25) is 0 Å². The third-order valence-electron chi connectivity index (χ3n) is 3.16. The largest absolute Gasteiger partial charge is 0.317 e. The smallest absolute Gasteiger partial charge is 0.156 e. The van der Waals surface area contributed by atoms with E-state index in [9.17, 15) is 8.42 Å². The molecule has 0 saturated heterocycles. The van der Waals surface area contributed by atoms with Crippen molar-refractivity contribution in [1.82, 2.24) is 10.5 Å². The normalized spacial score (nSPS) is 13.5. The molecule has 0 spiro atoms. The summed E-state index contributed by atoms with van der Waals surface area (Å²) in [5.41, 5.74) is 3.54. The fourth-order valence-corrected chi connectivity index (χ4v) is 3.77. The Balaban J connectivity index is 2.18. The van der Waals surface area contributed by atoms with Gasteiger partial charge in [0.25, 0.3) is 0 Å². The minimum Gasteiger partial charge on any atom is -0.317 e. The third-order valence-corrected chi connectivity index (χ3v) is 4.85. The molecule has 5 nitrogen and oxygen atoms in total. The molecule has 0 aliphatic heterocycles. The summed E-state index contributed by atoms with van der Waals surface area (Å²) in [6, 6.07) is 8.98. The van der Waals surface area contributed by atoms with Gasteiger partial charge in [0.15, 0.2) is 9.84 Å². The molecule has 0 bridgehead atoms. The van der Waals surface area contributed by atoms with E-state index in [4.69, 9.17) is 5.21 Å². The summed E-state index contributed by atoms with van der Waals surface area (Å²) in [6.07, 6.45) is 2.14. The highest BCUT2D eigenvalue weighted by molar-refractivity contribution is 7.90. The fourth-order valence-electron chi connectivity index (χ4n) is 2.06. The average Bonchev–Trinajstić information content (AvgIpc) is 2.44. The highest BCUT2D eigenvalue weighted by Gasteiger charge is 2.18. The van der Waals surface area contributed by atoms with Crippen molar-refractivity contribution in [2.75, 3.05) is 5.75 Å². The highest BCUT2D eigenvalue weighted by atomic mass is 32.2. The van der Waals surface area contributed by atoms with Crippen molar-refractivity contribution in [1.29, 1.82) is 0 Å². The van der Waals surface area contributed by atoms with Crippen molar-refractivity contribution in [3.05, 3.63) is 42.1 Å². The standard InChI is InChI=1S/C14H18N2O3S/c1-2-13(16-17)10-20(18,19)9-11-7-12-5-3-4-6-14(12)15-8-11/h3-8,13,16-17H,2,9-10H2,1H3/t13-/m0/s1. The predicted octanol–water partition coefficient (Wildman–Crippen LogP) is 1.91. The lowest BCUT2D eigenvalue weighted by molar-refractivity contribution is 0.132. The number of nitrogens with one attached hydrogen (secondary N) is 1. The first kappa shape index (κ1) is 14.9. The summed E-state index contributed by atoms with van der Waals surface area (Å²) >= 11 is 0. The van der Waals surface area contributed by atoms with E-state index in [1.807, 2.05) is 42.7 Å². The number of nitrogens with zero attached hydrogens (tertiary/aromatic N) is 1. The van der Waals surface area contributed by atoms with Crippen LogP contribution in [-0.2, 0) is 15.6 Å². The van der Waals surface area contributed by atoms with E-state index in [0.717, 1.165) is 10.9 Å². The van der Waals surface area contributed by atoms with Crippen LogP contribution in [0.1, 0.15) is 18.9 Å². The van der Waals surface area contributed by atoms with Crippen LogP contribution in [0.3, 0.4) is 0 Å². The second kappa shape index (κ2) is 6.30. The Labute approximate surface area is 118 Å². The van der Waals surface area contributed by atoms with E-state index in [1.165, 1.54) is 0 Å². The molecule has 1 heterocycles. The maximum atomic E-state index is 12.1. The number of aromatic nitrogens is 1. The SMILES string of the molecule is CC[C@@H](CS(=O)(=O)Cc1cnc2ccccc2c1)NO. The van der Waals surface area contributed by atoms with Gasteiger partial charge < -0.3 is 5.21 Å². The summed E-state index contributed by atoms with van der Waals surface area (Å²) in [4.78, 5) is 4.26. The number of fused-ring (bicyclic) bond motifs is 1. The van der Waals surface area contributed by atoms with Crippen molar-refractivity contribution >= 4 is 20.7 Å². The van der Waals surface area contributed by atoms with Crippen LogP contribution in [0.2, 0.25) is 0 Å². The van der Waals surface area contributed by atoms with Gasteiger partial charge in [0.05, 0.1) is 17.0 Å². The lowest BCUT2D eigenvalue weighted by Crippen LogP contribution is -2.33. The lowest BCUT2D eigenvalue weighted by atomic mass is 10.2. The lowest BCUT2D eigenvalue weighted by Gasteiger charge is -2.13. The van der Waals surface area contributed by atoms with Gasteiger partial charge in [-0.05, 0) is 24.1 Å². The number of rotatable bonds is 6. The molecule has 6 heteroatoms. The molecule has 108 valence electrons. The second-order valence-corrected chi connectivity index (χ2v) is 6.93. The van der Waals surface area contributed by atoms with Crippen LogP contribution < -0.4 is 5.48 Å². The van der Waals surface area contributed by atoms with E-state index < -0.39 is 15.9 Å². The molecule has 0 saturated carbocycles. The van der Waals surface area contributed by atoms with Crippen molar-refractivity contribution in [3.63, 3.8) is 0 Å². The molecule has 2 aromatic rings. The molecule has 0 unspecified atom stereocenters. The van der Waals surface area contributed by atoms with Gasteiger partial charge in [-0.15, -0.1) is 0 Å². The molecule has 1 atom stereocenters. The Morgan fingerprint density at radius 3 is 2.80 bits per heavy atom. The third kappa shape index (κ3) is 3.75. The average molecular weight is 294 g/mol. The van der Waals surface area contributed by atoms with Crippen LogP contribution >= 0.6 is 0 Å². The van der Waals surface area contributed by atoms with Gasteiger partial charge in [-0.3, -0.25) is 4.98 Å². The Morgan fingerprint density at radius 2 is 2.10 bits per heavy atom. The van der Waals surface area contributed by atoms with Crippen LogP contribution in [0.5, 0.6) is 0 Å². The molecule has 2 rings (SSSR count). The molecule has 2 N–H and O–H groups in total. The zero-order chi connectivity index (χ0) is 14.6. The maximum Gasteiger partial charge on any atom is 0.156 e. The monoisotopic (exact) mass is 294 g/mol. The van der Waals surface area contributed by atoms with Crippen LogP contribution in [0, 0.1) is 0 Å². The number of para-hydroxylation sites is 1. The molecular weight excluding hydrogens is 276 g/mol. The first-order chi connectivity index (χ1) is 9.54. The Kier molecular flexibility index (Phi) is 4.69. The van der Waals surface area contributed by atoms with Crippen LogP contribution in [0.15, 0.2) is 36.5 Å². The van der Waals surface area contributed by atoms with Crippen molar-refractivity contribution in [2.45, 2.75) is 25.1 Å². The number of hydrogen-bond acceptors (Lipinski definition) is 5. The van der Waals surface area contributed by atoms with E-state index in [1.54, 1.807) is 6.20 Å². The van der Waals surface area contributed by atoms with E-state index >= 15 is 0 Å². The molecule has 0 aliphatic rings. The van der Waals surface area contributed by atoms with E-state index in [-0.39, 0.29) is 11.5 Å². The Bertz CT molecular complexity index is 682. The van der Waals surface area contributed by atoms with Crippen LogP contribution in [-0.4, -0.2) is 30.4 Å². The van der Waals surface area contributed by atoms with Gasteiger partial charge >= 0.3 is 0 Å². The zero-order valence-electron chi connectivity index (χ0n) is 11.3. The second-order valence-electron chi connectivity index (χ2n) is 4.83. The number of hydrogen-bond donors (Lipinski definition) is 2. The predicted molar refractivity (Wildman–Crippen MR) is 78.2 cm³/mol. The quantitative estimate of drug-likeness (QED) is 0.796. The number of hydroxylamine groups is 1. The fraction of sp³-hybridized carbons (Fsp3) is 0.357. The van der Waals surface area contributed by atoms with E-state index in [0.29, 0.717) is 12.0 Å². The van der Waals surface area contributed by atoms with Crippen molar-refractivity contribution in [2.24, 2.45) is 0 Å². The molecule has 0 aliphatic carbocycles. The molecule has 0 radical (unpaired) electrons. The van der Waals surface area contributed by atoms with Crippen molar-refractivity contribution in [3.8, 4) is 0 Å². The molecule has 20 heavy (non-hydrogen) atoms. The first-order valence-corrected chi connectivity index (χ1v) is 8.30. The van der Waals surface area contributed by atoms with Gasteiger partial charge in [-0.2, -0.15) is 0 Å². The van der Waals surface area contributed by atoms with Gasteiger partial charge in [0, 0.05) is 17.6 Å². The molecule has 0 fully saturated rings. The number of pyridine rings is 1. The molecule has 1 aromatic carbocycles. The van der Waals surface area contributed by atoms with Crippen LogP contribution in [0.25, 0.3) is 10.9 Å². The number of benzene rings is 1. The zero-order valence-corrected chi connectivity index (χ0v) is 12.1. The van der Waals surface area contributed by atoms with Gasteiger partial charge in [0.1, 0.15) is 0 Å². The highest BCUT2D eigenvalue weighted by Crippen LogP contribution is 2.15. The topological polar surface area (TPSA) is 79.3 Å². The van der Waals surface area contributed by atoms with Crippen molar-refractivity contribution < 1.29 is 13.6 Å². The van der Waals surface area contributed by atoms with Gasteiger partial charge in [-0.1, -0.05) is 25.1 Å². The summed E-state index contributed by atoms with van der Waals surface area (Å²) < 4.78 is 24.2. The summed E-state index contributed by atoms with van der Waals surface area (Å²) in [6.45, 7) is 1.82. The number of sulfone groups is 1. The minimum atomic E-state index is -3.29. The minimum absolute atomic E-state index is 0.0665. The van der Waals surface area contributed by atoms with Gasteiger partial charge in [-0.25, -0.2) is 13.9 Å². The summed E-state index contributed by atoms with van der Waals surface area (Å²) in [5.74, 6) is -0.157. The summed E-state index contributed by atoms with van der Waals surface area (Å²) in [5, 5.41) is 9.79. The molecule has 0 amide bonds. The maximum absolute atomic E-state index is 12.1. The molecular formula is C14H18N2O3S.